The van der Waals surface area contributed by atoms with Gasteiger partial charge in [0.25, 0.3) is 0 Å². The zero-order valence-electron chi connectivity index (χ0n) is 7.18. The van der Waals surface area contributed by atoms with Crippen molar-refractivity contribution in [3.63, 3.8) is 0 Å². The van der Waals surface area contributed by atoms with Gasteiger partial charge in [-0.3, -0.25) is 0 Å². The lowest BCUT2D eigenvalue weighted by Crippen LogP contribution is -2.10. The number of carbonyl (C=O) groups excluding carboxylic acids is 1. The van der Waals surface area contributed by atoms with Gasteiger partial charge in [0, 0.05) is 6.20 Å². The standard InChI is InChI=1S/C8H6BrFINO2/c1-2-14-8(13)5-4(9)3-12-7(11)6(5)10/h3H,2H2,1H3. The van der Waals surface area contributed by atoms with Gasteiger partial charge in [0.15, 0.2) is 5.82 Å². The maximum atomic E-state index is 13.4. The molecule has 0 spiro atoms. The van der Waals surface area contributed by atoms with Crippen LogP contribution in [0.25, 0.3) is 0 Å². The Kier molecular flexibility index (Phi) is 4.24. The number of hydrogen-bond donors (Lipinski definition) is 0. The van der Waals surface area contributed by atoms with Gasteiger partial charge in [0.2, 0.25) is 0 Å². The van der Waals surface area contributed by atoms with Gasteiger partial charge in [-0.15, -0.1) is 0 Å². The van der Waals surface area contributed by atoms with Crippen LogP contribution in [0.5, 0.6) is 0 Å². The van der Waals surface area contributed by atoms with Crippen molar-refractivity contribution in [3.05, 3.63) is 25.8 Å². The first-order chi connectivity index (χ1) is 6.57. The molecule has 0 aliphatic rings. The van der Waals surface area contributed by atoms with E-state index in [1.807, 2.05) is 0 Å². The van der Waals surface area contributed by atoms with E-state index >= 15 is 0 Å². The molecule has 3 nitrogen and oxygen atoms in total. The van der Waals surface area contributed by atoms with Crippen LogP contribution < -0.4 is 0 Å². The Morgan fingerprint density at radius 3 is 3.00 bits per heavy atom. The SMILES string of the molecule is CCOC(=O)c1c(Br)cnc(I)c1F. The normalized spacial score (nSPS) is 10.0. The first-order valence-corrected chi connectivity index (χ1v) is 5.61. The van der Waals surface area contributed by atoms with Crippen LogP contribution in [0.4, 0.5) is 4.39 Å². The quantitative estimate of drug-likeness (QED) is 0.454. The zero-order chi connectivity index (χ0) is 10.7. The molecule has 0 saturated carbocycles. The predicted octanol–water partition coefficient (Wildman–Crippen LogP) is 2.76. The van der Waals surface area contributed by atoms with E-state index in [9.17, 15) is 9.18 Å². The fourth-order valence-corrected chi connectivity index (χ4v) is 1.68. The zero-order valence-corrected chi connectivity index (χ0v) is 10.9. The lowest BCUT2D eigenvalue weighted by atomic mass is 10.2. The Morgan fingerprint density at radius 1 is 1.79 bits per heavy atom. The first kappa shape index (κ1) is 11.8. The molecule has 1 aromatic rings. The minimum absolute atomic E-state index is 0.105. The molecule has 0 aliphatic heterocycles. The summed E-state index contributed by atoms with van der Waals surface area (Å²) >= 11 is 4.76. The number of ether oxygens (including phenoxy) is 1. The maximum Gasteiger partial charge on any atom is 0.342 e. The molecule has 76 valence electrons. The number of carbonyl (C=O) groups is 1. The summed E-state index contributed by atoms with van der Waals surface area (Å²) in [5.41, 5.74) is -0.105. The molecule has 1 rings (SSSR count). The smallest absolute Gasteiger partial charge is 0.342 e. The molecule has 0 radical (unpaired) electrons. The van der Waals surface area contributed by atoms with Gasteiger partial charge in [0.1, 0.15) is 9.26 Å². The Balaban J connectivity index is 3.18. The van der Waals surface area contributed by atoms with E-state index in [2.05, 4.69) is 20.9 Å². The van der Waals surface area contributed by atoms with Crippen LogP contribution >= 0.6 is 38.5 Å². The molecule has 0 aromatic carbocycles. The van der Waals surface area contributed by atoms with Crippen LogP contribution in [-0.4, -0.2) is 17.6 Å². The number of pyridine rings is 1. The fraction of sp³-hybridized carbons (Fsp3) is 0.250. The summed E-state index contributed by atoms with van der Waals surface area (Å²) in [4.78, 5) is 15.1. The van der Waals surface area contributed by atoms with Crippen LogP contribution in [0.3, 0.4) is 0 Å². The topological polar surface area (TPSA) is 39.2 Å². The van der Waals surface area contributed by atoms with Crippen LogP contribution in [-0.2, 0) is 4.74 Å². The first-order valence-electron chi connectivity index (χ1n) is 3.74. The van der Waals surface area contributed by atoms with Gasteiger partial charge < -0.3 is 4.74 Å². The molecule has 0 amide bonds. The third-order valence-corrected chi connectivity index (χ3v) is 2.76. The Hall–Kier alpha value is -0.240. The van der Waals surface area contributed by atoms with Crippen LogP contribution in [0.2, 0.25) is 0 Å². The highest BCUT2D eigenvalue weighted by Crippen LogP contribution is 2.22. The van der Waals surface area contributed by atoms with Gasteiger partial charge in [-0.1, -0.05) is 0 Å². The molecule has 0 N–H and O–H groups in total. The molecular formula is C8H6BrFINO2. The third kappa shape index (κ3) is 2.41. The summed E-state index contributed by atoms with van der Waals surface area (Å²) in [5.74, 6) is -1.34. The van der Waals surface area contributed by atoms with E-state index in [0.29, 0.717) is 4.47 Å². The third-order valence-electron chi connectivity index (χ3n) is 1.41. The average molecular weight is 374 g/mol. The summed E-state index contributed by atoms with van der Waals surface area (Å²) in [7, 11) is 0. The second-order valence-corrected chi connectivity index (χ2v) is 4.18. The van der Waals surface area contributed by atoms with Crippen molar-refractivity contribution in [3.8, 4) is 0 Å². The maximum absolute atomic E-state index is 13.4. The molecular weight excluding hydrogens is 368 g/mol. The van der Waals surface area contributed by atoms with E-state index in [1.54, 1.807) is 29.5 Å². The number of esters is 1. The van der Waals surface area contributed by atoms with E-state index in [4.69, 9.17) is 4.74 Å². The second kappa shape index (κ2) is 5.01. The Morgan fingerprint density at radius 2 is 2.43 bits per heavy atom. The number of aromatic nitrogens is 1. The lowest BCUT2D eigenvalue weighted by molar-refractivity contribution is 0.0519. The minimum Gasteiger partial charge on any atom is -0.462 e. The average Bonchev–Trinajstić information content (AvgIpc) is 2.13. The van der Waals surface area contributed by atoms with Gasteiger partial charge in [-0.25, -0.2) is 14.2 Å². The molecule has 0 fully saturated rings. The van der Waals surface area contributed by atoms with Crippen molar-refractivity contribution in [2.45, 2.75) is 6.92 Å². The highest BCUT2D eigenvalue weighted by atomic mass is 127. The van der Waals surface area contributed by atoms with Crippen LogP contribution in [0.1, 0.15) is 17.3 Å². The van der Waals surface area contributed by atoms with Gasteiger partial charge in [-0.2, -0.15) is 0 Å². The van der Waals surface area contributed by atoms with Crippen molar-refractivity contribution < 1.29 is 13.9 Å². The molecule has 0 unspecified atom stereocenters. The van der Waals surface area contributed by atoms with Gasteiger partial charge in [0.05, 0.1) is 11.1 Å². The highest BCUT2D eigenvalue weighted by Gasteiger charge is 2.19. The highest BCUT2D eigenvalue weighted by molar-refractivity contribution is 14.1. The molecule has 1 heterocycles. The van der Waals surface area contributed by atoms with Crippen molar-refractivity contribution in [2.75, 3.05) is 6.61 Å². The van der Waals surface area contributed by atoms with E-state index in [-0.39, 0.29) is 15.9 Å². The summed E-state index contributed by atoms with van der Waals surface area (Å²) in [5, 5.41) is 0. The molecule has 0 aliphatic carbocycles. The number of halogens is 3. The van der Waals surface area contributed by atoms with E-state index in [1.165, 1.54) is 6.20 Å². The Bertz CT molecular complexity index is 373. The minimum atomic E-state index is -0.683. The van der Waals surface area contributed by atoms with Crippen molar-refractivity contribution in [1.82, 2.24) is 4.98 Å². The number of nitrogens with zero attached hydrogens (tertiary/aromatic N) is 1. The van der Waals surface area contributed by atoms with Gasteiger partial charge in [-0.05, 0) is 45.4 Å². The molecule has 14 heavy (non-hydrogen) atoms. The summed E-state index contributed by atoms with van der Waals surface area (Å²) in [6.07, 6.45) is 1.37. The predicted molar refractivity (Wildman–Crippen MR) is 60.6 cm³/mol. The molecule has 6 heteroatoms. The van der Waals surface area contributed by atoms with Crippen molar-refractivity contribution in [2.24, 2.45) is 0 Å². The second-order valence-electron chi connectivity index (χ2n) is 2.31. The van der Waals surface area contributed by atoms with Crippen LogP contribution in [0, 0.1) is 9.52 Å². The molecule has 0 saturated heterocycles. The number of rotatable bonds is 2. The Labute approximate surface area is 102 Å². The summed E-state index contributed by atoms with van der Waals surface area (Å²) in [6.45, 7) is 1.87. The van der Waals surface area contributed by atoms with Crippen molar-refractivity contribution in [1.29, 1.82) is 0 Å². The lowest BCUT2D eigenvalue weighted by Gasteiger charge is -2.05. The van der Waals surface area contributed by atoms with Crippen molar-refractivity contribution >= 4 is 44.5 Å². The molecule has 0 atom stereocenters. The van der Waals surface area contributed by atoms with E-state index in [0.717, 1.165) is 0 Å². The molecule has 1 aromatic heterocycles. The number of hydrogen-bond acceptors (Lipinski definition) is 3. The van der Waals surface area contributed by atoms with Crippen LogP contribution in [0.15, 0.2) is 10.7 Å². The largest absolute Gasteiger partial charge is 0.462 e. The summed E-state index contributed by atoms with van der Waals surface area (Å²) < 4.78 is 18.6. The van der Waals surface area contributed by atoms with E-state index < -0.39 is 11.8 Å². The molecule has 0 bridgehead atoms. The fourth-order valence-electron chi connectivity index (χ4n) is 0.833. The monoisotopic (exact) mass is 373 g/mol. The van der Waals surface area contributed by atoms with Gasteiger partial charge >= 0.3 is 5.97 Å². The summed E-state index contributed by atoms with van der Waals surface area (Å²) in [6, 6.07) is 0.